The van der Waals surface area contributed by atoms with E-state index in [1.807, 2.05) is 4.90 Å². The monoisotopic (exact) mass is 412 g/mol. The van der Waals surface area contributed by atoms with Crippen molar-refractivity contribution < 1.29 is 13.5 Å². The Morgan fingerprint density at radius 3 is 2.69 bits per heavy atom. The van der Waals surface area contributed by atoms with Gasteiger partial charge in [0, 0.05) is 6.54 Å². The number of nitrogens with one attached hydrogen (secondary N) is 1. The quantitative estimate of drug-likeness (QED) is 0.750. The lowest BCUT2D eigenvalue weighted by atomic mass is 10.0. The lowest BCUT2D eigenvalue weighted by Crippen LogP contribution is -2.45. The highest BCUT2D eigenvalue weighted by atomic mass is 35.5. The van der Waals surface area contributed by atoms with Gasteiger partial charge in [-0.05, 0) is 43.7 Å². The Hall–Kier alpha value is -1.31. The fraction of sp³-hybridized carbons (Fsp3) is 0.333. The topological polar surface area (TPSA) is 69.6 Å². The number of benzene rings is 2. The summed E-state index contributed by atoms with van der Waals surface area (Å²) in [6.07, 6.45) is 0.889. The van der Waals surface area contributed by atoms with E-state index in [2.05, 4.69) is 5.32 Å². The number of sulfone groups is 1. The number of aliphatic hydroxyl groups excluding tert-OH is 1. The van der Waals surface area contributed by atoms with Crippen molar-refractivity contribution in [3.8, 4) is 0 Å². The van der Waals surface area contributed by atoms with Gasteiger partial charge in [0.2, 0.25) is 9.84 Å². The van der Waals surface area contributed by atoms with Gasteiger partial charge >= 0.3 is 0 Å². The van der Waals surface area contributed by atoms with Gasteiger partial charge in [-0.15, -0.1) is 0 Å². The molecule has 2 aliphatic rings. The van der Waals surface area contributed by atoms with E-state index < -0.39 is 15.9 Å². The first-order valence-electron chi connectivity index (χ1n) is 8.43. The number of anilines is 2. The lowest BCUT2D eigenvalue weighted by molar-refractivity contribution is 0.147. The average molecular weight is 413 g/mol. The molecular weight excluding hydrogens is 395 g/mol. The summed E-state index contributed by atoms with van der Waals surface area (Å²) in [5, 5.41) is 14.4. The number of nitrogens with zero attached hydrogens (tertiary/aromatic N) is 1. The van der Waals surface area contributed by atoms with Gasteiger partial charge in [-0.3, -0.25) is 0 Å². The molecule has 5 nitrogen and oxygen atoms in total. The third kappa shape index (κ3) is 2.72. The van der Waals surface area contributed by atoms with Gasteiger partial charge in [0.1, 0.15) is 0 Å². The van der Waals surface area contributed by atoms with E-state index in [-0.39, 0.29) is 25.9 Å². The van der Waals surface area contributed by atoms with Gasteiger partial charge in [0.25, 0.3) is 0 Å². The van der Waals surface area contributed by atoms with Gasteiger partial charge < -0.3 is 15.3 Å². The van der Waals surface area contributed by atoms with Crippen molar-refractivity contribution >= 4 is 44.4 Å². The molecule has 2 aliphatic heterocycles. The smallest absolute Gasteiger partial charge is 0.210 e. The minimum atomic E-state index is -3.72. The summed E-state index contributed by atoms with van der Waals surface area (Å²) in [7, 11) is -3.72. The van der Waals surface area contributed by atoms with E-state index >= 15 is 0 Å². The molecule has 2 aromatic carbocycles. The summed E-state index contributed by atoms with van der Waals surface area (Å²) >= 11 is 12.7. The van der Waals surface area contributed by atoms with Crippen LogP contribution in [0.25, 0.3) is 0 Å². The van der Waals surface area contributed by atoms with Crippen molar-refractivity contribution in [2.75, 3.05) is 18.0 Å². The third-order valence-corrected chi connectivity index (χ3v) is 7.59. The van der Waals surface area contributed by atoms with E-state index in [9.17, 15) is 13.5 Å². The minimum Gasteiger partial charge on any atom is -0.390 e. The number of halogens is 2. The van der Waals surface area contributed by atoms with E-state index in [0.717, 1.165) is 13.0 Å². The van der Waals surface area contributed by atoms with E-state index in [1.165, 1.54) is 12.1 Å². The number of para-hydroxylation sites is 1. The van der Waals surface area contributed by atoms with Gasteiger partial charge in [-0.1, -0.05) is 35.3 Å². The molecule has 0 radical (unpaired) electrons. The maximum absolute atomic E-state index is 13.1. The Balaban J connectivity index is 2.02. The molecule has 0 saturated carbocycles. The van der Waals surface area contributed by atoms with Crippen LogP contribution in [0.1, 0.15) is 12.8 Å². The summed E-state index contributed by atoms with van der Waals surface area (Å²) < 4.78 is 26.3. The molecule has 0 bridgehead atoms. The van der Waals surface area contributed by atoms with Crippen molar-refractivity contribution in [3.63, 3.8) is 0 Å². The predicted octanol–water partition coefficient (Wildman–Crippen LogP) is 3.39. The number of fused-ring (bicyclic) bond motifs is 2. The highest BCUT2D eigenvalue weighted by Crippen LogP contribution is 2.50. The normalized spacial score (nSPS) is 24.5. The summed E-state index contributed by atoms with van der Waals surface area (Å²) in [5.41, 5.74) is 0.874. The molecule has 2 N–H and O–H groups in total. The zero-order valence-electron chi connectivity index (χ0n) is 13.8. The molecule has 8 heteroatoms. The highest BCUT2D eigenvalue weighted by molar-refractivity contribution is 7.92. The molecule has 26 heavy (non-hydrogen) atoms. The summed E-state index contributed by atoms with van der Waals surface area (Å²) in [5.74, 6) is 0. The molecule has 2 atom stereocenters. The molecule has 0 amide bonds. The lowest BCUT2D eigenvalue weighted by Gasteiger charge is -2.40. The predicted molar refractivity (Wildman–Crippen MR) is 102 cm³/mol. The Bertz CT molecular complexity index is 965. The minimum absolute atomic E-state index is 0.120. The van der Waals surface area contributed by atoms with Gasteiger partial charge in [0.05, 0.1) is 43.4 Å². The van der Waals surface area contributed by atoms with Crippen molar-refractivity contribution in [3.05, 3.63) is 46.4 Å². The molecule has 1 fully saturated rings. The second-order valence-corrected chi connectivity index (χ2v) is 9.20. The highest BCUT2D eigenvalue weighted by Gasteiger charge is 2.41. The van der Waals surface area contributed by atoms with Gasteiger partial charge in [0.15, 0.2) is 0 Å². The maximum atomic E-state index is 13.1. The van der Waals surface area contributed by atoms with Crippen LogP contribution < -0.4 is 10.2 Å². The second-order valence-electron chi connectivity index (χ2n) is 6.53. The van der Waals surface area contributed by atoms with Crippen LogP contribution in [0.5, 0.6) is 0 Å². The summed E-state index contributed by atoms with van der Waals surface area (Å²) in [6.45, 7) is 1.24. The van der Waals surface area contributed by atoms with Crippen LogP contribution in [0.2, 0.25) is 10.0 Å². The zero-order chi connectivity index (χ0) is 18.5. The molecule has 2 aromatic rings. The molecule has 4 rings (SSSR count). The second kappa shape index (κ2) is 6.69. The first-order chi connectivity index (χ1) is 12.4. The van der Waals surface area contributed by atoms with E-state index in [1.54, 1.807) is 24.3 Å². The average Bonchev–Trinajstić information content (AvgIpc) is 2.83. The number of β-amino-alcohol motifs (C(OH)–C–C–N with tert-alkyl or cyclic N) is 1. The van der Waals surface area contributed by atoms with Gasteiger partial charge in [-0.25, -0.2) is 8.42 Å². The standard InChI is InChI=1S/C18H18Cl2N2O3S/c19-11-7-8-16-18(17(11)20)22(12-5-3-9-21-10-14(12)23)13-4-1-2-6-15(13)26(16,24)25/h1-2,4,6-8,12,14,21,23H,3,5,9-10H2/t12-,14-/m0/s1. The van der Waals surface area contributed by atoms with Crippen LogP contribution in [0.4, 0.5) is 11.4 Å². The first-order valence-corrected chi connectivity index (χ1v) is 10.7. The fourth-order valence-corrected chi connectivity index (χ4v) is 5.85. The molecule has 138 valence electrons. The van der Waals surface area contributed by atoms with Crippen LogP contribution in [0, 0.1) is 0 Å². The van der Waals surface area contributed by atoms with Crippen LogP contribution >= 0.6 is 23.2 Å². The molecular formula is C18H18Cl2N2O3S. The Kier molecular flexibility index (Phi) is 4.65. The molecule has 1 saturated heterocycles. The zero-order valence-corrected chi connectivity index (χ0v) is 16.2. The molecule has 2 heterocycles. The van der Waals surface area contributed by atoms with Crippen LogP contribution in [0.15, 0.2) is 46.2 Å². The maximum Gasteiger partial charge on any atom is 0.210 e. The fourth-order valence-electron chi connectivity index (χ4n) is 3.75. The Labute approximate surface area is 162 Å². The van der Waals surface area contributed by atoms with Crippen molar-refractivity contribution in [2.45, 2.75) is 34.8 Å². The third-order valence-electron chi connectivity index (χ3n) is 4.96. The molecule has 0 aliphatic carbocycles. The largest absolute Gasteiger partial charge is 0.390 e. The van der Waals surface area contributed by atoms with E-state index in [0.29, 0.717) is 24.3 Å². The Morgan fingerprint density at radius 2 is 1.88 bits per heavy atom. The van der Waals surface area contributed by atoms with Crippen molar-refractivity contribution in [2.24, 2.45) is 0 Å². The van der Waals surface area contributed by atoms with Crippen molar-refractivity contribution in [1.29, 1.82) is 0 Å². The van der Waals surface area contributed by atoms with Crippen molar-refractivity contribution in [1.82, 2.24) is 5.32 Å². The molecule has 0 spiro atoms. The van der Waals surface area contributed by atoms with E-state index in [4.69, 9.17) is 23.2 Å². The first kappa shape index (κ1) is 18.1. The number of aliphatic hydroxyl groups is 1. The summed E-state index contributed by atoms with van der Waals surface area (Å²) in [4.78, 5) is 2.20. The van der Waals surface area contributed by atoms with Crippen LogP contribution in [-0.2, 0) is 9.84 Å². The molecule has 0 aromatic heterocycles. The summed E-state index contributed by atoms with van der Waals surface area (Å²) in [6, 6.07) is 9.49. The number of rotatable bonds is 1. The number of hydrogen-bond donors (Lipinski definition) is 2. The van der Waals surface area contributed by atoms with Gasteiger partial charge in [-0.2, -0.15) is 0 Å². The SMILES string of the molecule is O=S1(=O)c2ccccc2N([C@H]2CCCNC[C@@H]2O)c2c1ccc(Cl)c2Cl. The molecule has 0 unspecified atom stereocenters. The van der Waals surface area contributed by atoms with Crippen LogP contribution in [0.3, 0.4) is 0 Å². The number of hydrogen-bond acceptors (Lipinski definition) is 5. The Morgan fingerprint density at radius 1 is 1.12 bits per heavy atom. The van der Waals surface area contributed by atoms with Crippen LogP contribution in [-0.4, -0.2) is 38.8 Å².